The van der Waals surface area contributed by atoms with E-state index >= 15 is 0 Å². The lowest BCUT2D eigenvalue weighted by Gasteiger charge is -2.32. The maximum Gasteiger partial charge on any atom is 0.138 e. The van der Waals surface area contributed by atoms with Gasteiger partial charge in [0.2, 0.25) is 0 Å². The Morgan fingerprint density at radius 3 is 2.58 bits per heavy atom. The molecule has 0 amide bonds. The average Bonchev–Trinajstić information content (AvgIpc) is 2.91. The first kappa shape index (κ1) is 30.8. The SMILES string of the molecule is CN/C(C=NC(C)(C)C)=C/N.Cc1c(Oc2ccnc3ccc(S(=O)N4CC(F)C4)cc23)ccc(CC=O)c1F. The van der Waals surface area contributed by atoms with E-state index in [1.165, 1.54) is 12.3 Å². The lowest BCUT2D eigenvalue weighted by atomic mass is 10.1. The fourth-order valence-corrected chi connectivity index (χ4v) is 4.92. The van der Waals surface area contributed by atoms with Crippen LogP contribution in [-0.2, 0) is 22.2 Å². The molecule has 1 unspecified atom stereocenters. The molecule has 2 heterocycles. The number of benzene rings is 2. The van der Waals surface area contributed by atoms with Gasteiger partial charge in [0, 0.05) is 56.1 Å². The van der Waals surface area contributed by atoms with E-state index in [0.29, 0.717) is 44.7 Å². The highest BCUT2D eigenvalue weighted by Crippen LogP contribution is 2.34. The van der Waals surface area contributed by atoms with Crippen LogP contribution in [0.3, 0.4) is 0 Å². The van der Waals surface area contributed by atoms with Gasteiger partial charge in [-0.25, -0.2) is 17.3 Å². The summed E-state index contributed by atoms with van der Waals surface area (Å²) in [5.74, 6) is 0.277. The second-order valence-corrected chi connectivity index (χ2v) is 11.6. The van der Waals surface area contributed by atoms with Crippen molar-refractivity contribution < 1.29 is 22.5 Å². The second-order valence-electron chi connectivity index (χ2n) is 10.1. The fraction of sp³-hybridized carbons (Fsp3) is 0.345. The Labute approximate surface area is 235 Å². The summed E-state index contributed by atoms with van der Waals surface area (Å²) in [7, 11) is 0.343. The van der Waals surface area contributed by atoms with E-state index in [9.17, 15) is 17.8 Å². The quantitative estimate of drug-likeness (QED) is 0.298. The first-order valence-electron chi connectivity index (χ1n) is 12.7. The number of rotatable bonds is 8. The summed E-state index contributed by atoms with van der Waals surface area (Å²) >= 11 is 0. The summed E-state index contributed by atoms with van der Waals surface area (Å²) in [6.45, 7) is 7.98. The summed E-state index contributed by atoms with van der Waals surface area (Å²) in [5, 5.41) is 3.53. The normalized spacial score (nSPS) is 15.3. The highest BCUT2D eigenvalue weighted by Gasteiger charge is 2.31. The van der Waals surface area contributed by atoms with Gasteiger partial charge in [-0.2, -0.15) is 0 Å². The molecule has 0 saturated carbocycles. The molecule has 0 radical (unpaired) electrons. The van der Waals surface area contributed by atoms with Gasteiger partial charge in [-0.15, -0.1) is 0 Å². The fourth-order valence-electron chi connectivity index (χ4n) is 3.62. The van der Waals surface area contributed by atoms with Crippen molar-refractivity contribution in [3.05, 3.63) is 71.4 Å². The van der Waals surface area contributed by atoms with E-state index in [2.05, 4.69) is 15.3 Å². The van der Waals surface area contributed by atoms with Crippen molar-refractivity contribution in [2.75, 3.05) is 20.1 Å². The Morgan fingerprint density at radius 1 is 1.25 bits per heavy atom. The molecule has 0 bridgehead atoms. The first-order valence-corrected chi connectivity index (χ1v) is 13.8. The lowest BCUT2D eigenvalue weighted by Crippen LogP contribution is -2.48. The van der Waals surface area contributed by atoms with Crippen LogP contribution in [0.5, 0.6) is 11.5 Å². The molecular weight excluding hydrogens is 536 g/mol. The molecule has 3 aromatic rings. The summed E-state index contributed by atoms with van der Waals surface area (Å²) < 4.78 is 47.7. The second kappa shape index (κ2) is 13.6. The number of allylic oxidation sites excluding steroid dienone is 1. The molecule has 8 nitrogen and oxygen atoms in total. The van der Waals surface area contributed by atoms with E-state index in [1.807, 2.05) is 27.8 Å². The van der Waals surface area contributed by atoms with Crippen molar-refractivity contribution in [1.29, 1.82) is 0 Å². The maximum atomic E-state index is 14.5. The van der Waals surface area contributed by atoms with Crippen LogP contribution < -0.4 is 15.8 Å². The number of aliphatic imine (C=N–C) groups is 1. The van der Waals surface area contributed by atoms with E-state index in [4.69, 9.17) is 10.5 Å². The number of hydrogen-bond donors (Lipinski definition) is 2. The Morgan fingerprint density at radius 2 is 1.98 bits per heavy atom. The van der Waals surface area contributed by atoms with Crippen LogP contribution in [0.15, 0.2) is 64.4 Å². The minimum absolute atomic E-state index is 0.00342. The Kier molecular flexibility index (Phi) is 10.5. The number of halogens is 2. The molecule has 0 aliphatic carbocycles. The molecule has 1 aromatic heterocycles. The van der Waals surface area contributed by atoms with Crippen molar-refractivity contribution in [3.8, 4) is 11.5 Å². The van der Waals surface area contributed by atoms with Crippen molar-refractivity contribution in [1.82, 2.24) is 14.6 Å². The van der Waals surface area contributed by atoms with Gasteiger partial charge in [0.25, 0.3) is 0 Å². The van der Waals surface area contributed by atoms with Crippen molar-refractivity contribution in [2.45, 2.75) is 50.7 Å². The summed E-state index contributed by atoms with van der Waals surface area (Å²) in [6.07, 6.45) is 4.51. The zero-order valence-corrected chi connectivity index (χ0v) is 24.1. The van der Waals surface area contributed by atoms with Crippen LogP contribution in [0.25, 0.3) is 10.9 Å². The molecule has 1 fully saturated rings. The Hall–Kier alpha value is -3.70. The molecule has 1 aliphatic heterocycles. The van der Waals surface area contributed by atoms with E-state index in [-0.39, 0.29) is 25.0 Å². The van der Waals surface area contributed by atoms with E-state index in [0.717, 1.165) is 5.70 Å². The third-order valence-corrected chi connectivity index (χ3v) is 7.34. The number of aromatic nitrogens is 1. The van der Waals surface area contributed by atoms with Gasteiger partial charge >= 0.3 is 0 Å². The number of nitrogens with one attached hydrogen (secondary N) is 1. The average molecular weight is 572 g/mol. The van der Waals surface area contributed by atoms with Gasteiger partial charge in [-0.3, -0.25) is 9.98 Å². The third kappa shape index (κ3) is 7.92. The topological polar surface area (TPSA) is 110 Å². The molecule has 1 aliphatic rings. The van der Waals surface area contributed by atoms with Gasteiger partial charge in [-0.1, -0.05) is 6.07 Å². The minimum atomic E-state index is -1.47. The van der Waals surface area contributed by atoms with Crippen LogP contribution in [0.2, 0.25) is 0 Å². The number of nitrogens with zero attached hydrogens (tertiary/aromatic N) is 3. The molecule has 40 heavy (non-hydrogen) atoms. The monoisotopic (exact) mass is 571 g/mol. The summed E-state index contributed by atoms with van der Waals surface area (Å²) in [6, 6.07) is 9.90. The van der Waals surface area contributed by atoms with Gasteiger partial charge in [0.1, 0.15) is 40.8 Å². The molecule has 11 heteroatoms. The first-order chi connectivity index (χ1) is 19.0. The number of fused-ring (bicyclic) bond motifs is 1. The highest BCUT2D eigenvalue weighted by atomic mass is 32.2. The number of carbonyl (C=O) groups is 1. The van der Waals surface area contributed by atoms with Crippen LogP contribution in [-0.4, -0.2) is 57.8 Å². The van der Waals surface area contributed by atoms with Crippen LogP contribution in [0, 0.1) is 12.7 Å². The number of pyridine rings is 1. The molecule has 1 saturated heterocycles. The Bertz CT molecular complexity index is 1430. The zero-order valence-electron chi connectivity index (χ0n) is 23.3. The van der Waals surface area contributed by atoms with Gasteiger partial charge in [0.05, 0.1) is 21.6 Å². The zero-order chi connectivity index (χ0) is 29.4. The number of alkyl halides is 1. The van der Waals surface area contributed by atoms with Gasteiger partial charge in [0.15, 0.2) is 0 Å². The highest BCUT2D eigenvalue weighted by molar-refractivity contribution is 7.82. The smallest absolute Gasteiger partial charge is 0.138 e. The van der Waals surface area contributed by atoms with Crippen molar-refractivity contribution in [2.24, 2.45) is 10.7 Å². The van der Waals surface area contributed by atoms with Crippen LogP contribution >= 0.6 is 0 Å². The van der Waals surface area contributed by atoms with Crippen LogP contribution in [0.1, 0.15) is 31.9 Å². The number of aldehydes is 1. The molecule has 1 atom stereocenters. The Balaban J connectivity index is 0.000000342. The summed E-state index contributed by atoms with van der Waals surface area (Å²) in [4.78, 5) is 19.8. The summed E-state index contributed by atoms with van der Waals surface area (Å²) in [5.41, 5.74) is 7.33. The molecule has 3 N–H and O–H groups in total. The van der Waals surface area contributed by atoms with E-state index < -0.39 is 23.0 Å². The molecule has 4 rings (SSSR count). The largest absolute Gasteiger partial charge is 0.456 e. The number of nitrogens with two attached hydrogens (primary N) is 1. The number of carbonyl (C=O) groups excluding carboxylic acids is 1. The minimum Gasteiger partial charge on any atom is -0.456 e. The van der Waals surface area contributed by atoms with Crippen molar-refractivity contribution in [3.63, 3.8) is 0 Å². The third-order valence-electron chi connectivity index (χ3n) is 5.91. The van der Waals surface area contributed by atoms with Gasteiger partial charge in [-0.05, 0) is 63.6 Å². The molecule has 214 valence electrons. The number of hydrogen-bond acceptors (Lipinski definition) is 7. The van der Waals surface area contributed by atoms with E-state index in [1.54, 1.807) is 54.0 Å². The predicted molar refractivity (Wildman–Crippen MR) is 155 cm³/mol. The molecule has 0 spiro atoms. The number of ether oxygens (including phenoxy) is 1. The standard InChI is InChI=1S/C21H18F2N2O3S.C8H17N3/c1-13-19(5-2-14(7-9-26)21(13)23)28-20-6-8-24-18-4-3-16(10-17(18)20)29(27)25-11-15(22)12-25;1-8(2,3)11-6-7(5-9)10-4/h2-6,8-10,15H,7,11-12H2,1H3;5-6,10H,9H2,1-4H3/b;7-5+,11-6?. The lowest BCUT2D eigenvalue weighted by molar-refractivity contribution is -0.107. The van der Waals surface area contributed by atoms with Gasteiger partial charge < -0.3 is 20.6 Å². The molecular formula is C29H35F2N5O3S. The van der Waals surface area contributed by atoms with Crippen molar-refractivity contribution >= 4 is 34.4 Å². The maximum absolute atomic E-state index is 14.5. The predicted octanol–water partition coefficient (Wildman–Crippen LogP) is 4.77. The molecule has 2 aromatic carbocycles. The van der Waals surface area contributed by atoms with Crippen LogP contribution in [0.4, 0.5) is 8.78 Å².